The Morgan fingerprint density at radius 3 is 2.53 bits per heavy atom. The topological polar surface area (TPSA) is 47.3 Å². The number of nitriles is 1. The Kier molecular flexibility index (Phi) is 6.69. The summed E-state index contributed by atoms with van der Waals surface area (Å²) in [6.07, 6.45) is 0.211. The number of amides is 1. The van der Waals surface area contributed by atoms with Gasteiger partial charge in [0.2, 0.25) is 5.91 Å². The van der Waals surface area contributed by atoms with Crippen LogP contribution in [0.3, 0.4) is 0 Å². The van der Waals surface area contributed by atoms with E-state index in [1.165, 1.54) is 0 Å². The number of piperazine rings is 1. The Morgan fingerprint density at radius 2 is 1.81 bits per heavy atom. The van der Waals surface area contributed by atoms with Crippen molar-refractivity contribution < 1.29 is 4.79 Å². The van der Waals surface area contributed by atoms with Crippen LogP contribution in [-0.4, -0.2) is 30.4 Å². The molecule has 1 aliphatic rings. The lowest BCUT2D eigenvalue weighted by molar-refractivity contribution is -0.131. The molecule has 1 amide bonds. The van der Waals surface area contributed by atoms with Gasteiger partial charge in [-0.3, -0.25) is 4.79 Å². The third kappa shape index (κ3) is 4.75. The van der Waals surface area contributed by atoms with E-state index in [1.54, 1.807) is 6.07 Å². The van der Waals surface area contributed by atoms with Gasteiger partial charge in [-0.2, -0.15) is 5.26 Å². The molecule has 0 aliphatic carbocycles. The third-order valence-corrected chi connectivity index (χ3v) is 6.43. The molecular formula is C26H23Cl2N3O. The lowest BCUT2D eigenvalue weighted by atomic mass is 9.99. The molecule has 3 aromatic rings. The number of rotatable bonds is 4. The lowest BCUT2D eigenvalue weighted by Gasteiger charge is -2.43. The summed E-state index contributed by atoms with van der Waals surface area (Å²) in [5, 5.41) is 10.7. The summed E-state index contributed by atoms with van der Waals surface area (Å²) in [7, 11) is 0. The quantitative estimate of drug-likeness (QED) is 0.490. The van der Waals surface area contributed by atoms with Gasteiger partial charge in [-0.05, 0) is 53.9 Å². The molecule has 162 valence electrons. The first kappa shape index (κ1) is 22.2. The predicted molar refractivity (Wildman–Crippen MR) is 129 cm³/mol. The van der Waals surface area contributed by atoms with Crippen molar-refractivity contribution in [2.75, 3.05) is 24.5 Å². The molecule has 1 aliphatic heterocycles. The van der Waals surface area contributed by atoms with E-state index in [4.69, 9.17) is 23.2 Å². The SMILES string of the molecule is Cc1ccc(N2CCN(C(=O)Cc3ccccc3C#N)CC2c2ccc(Cl)cc2)c(Cl)c1. The number of hydrogen-bond donors (Lipinski definition) is 0. The Bertz CT molecular complexity index is 1170. The minimum atomic E-state index is -0.0589. The van der Waals surface area contributed by atoms with Crippen LogP contribution in [0.15, 0.2) is 66.7 Å². The largest absolute Gasteiger partial charge is 0.360 e. The molecule has 1 unspecified atom stereocenters. The van der Waals surface area contributed by atoms with E-state index >= 15 is 0 Å². The van der Waals surface area contributed by atoms with Crippen LogP contribution >= 0.6 is 23.2 Å². The lowest BCUT2D eigenvalue weighted by Crippen LogP contribution is -2.51. The summed E-state index contributed by atoms with van der Waals surface area (Å²) in [6, 6.07) is 23.2. The fourth-order valence-corrected chi connectivity index (χ4v) is 4.64. The summed E-state index contributed by atoms with van der Waals surface area (Å²) in [5.74, 6) is 0.0151. The van der Waals surface area contributed by atoms with Crippen molar-refractivity contribution in [2.24, 2.45) is 0 Å². The number of nitrogens with zero attached hydrogens (tertiary/aromatic N) is 3. The molecule has 1 saturated heterocycles. The molecule has 32 heavy (non-hydrogen) atoms. The minimum Gasteiger partial charge on any atom is -0.360 e. The molecule has 0 aromatic heterocycles. The van der Waals surface area contributed by atoms with Crippen LogP contribution in [0, 0.1) is 18.3 Å². The van der Waals surface area contributed by atoms with Crippen LogP contribution in [0.4, 0.5) is 5.69 Å². The highest BCUT2D eigenvalue weighted by Crippen LogP contribution is 2.36. The molecule has 3 aromatic carbocycles. The maximum absolute atomic E-state index is 13.2. The van der Waals surface area contributed by atoms with Crippen molar-refractivity contribution in [1.29, 1.82) is 5.26 Å². The predicted octanol–water partition coefficient (Wildman–Crippen LogP) is 5.81. The average Bonchev–Trinajstić information content (AvgIpc) is 2.80. The Balaban J connectivity index is 1.62. The highest BCUT2D eigenvalue weighted by molar-refractivity contribution is 6.33. The van der Waals surface area contributed by atoms with Crippen LogP contribution in [0.5, 0.6) is 0 Å². The summed E-state index contributed by atoms with van der Waals surface area (Å²) in [6.45, 7) is 3.78. The zero-order valence-electron chi connectivity index (χ0n) is 17.8. The molecular weight excluding hydrogens is 441 g/mol. The van der Waals surface area contributed by atoms with E-state index < -0.39 is 0 Å². The Morgan fingerprint density at radius 1 is 1.06 bits per heavy atom. The van der Waals surface area contributed by atoms with Gasteiger partial charge in [0.1, 0.15) is 0 Å². The standard InChI is InChI=1S/C26H23Cl2N3O/c1-18-6-11-24(23(28)14-18)31-13-12-30(17-25(31)19-7-9-22(27)10-8-19)26(32)15-20-4-2-3-5-21(20)16-29/h2-11,14,25H,12-13,15,17H2,1H3. The maximum Gasteiger partial charge on any atom is 0.227 e. The number of benzene rings is 3. The first-order valence-corrected chi connectivity index (χ1v) is 11.3. The van der Waals surface area contributed by atoms with E-state index in [0.717, 1.165) is 22.4 Å². The molecule has 0 bridgehead atoms. The highest BCUT2D eigenvalue weighted by atomic mass is 35.5. The molecule has 0 N–H and O–H groups in total. The molecule has 1 atom stereocenters. The van der Waals surface area contributed by atoms with Crippen LogP contribution in [0.25, 0.3) is 0 Å². The molecule has 4 nitrogen and oxygen atoms in total. The van der Waals surface area contributed by atoms with Crippen LogP contribution in [0.1, 0.15) is 28.3 Å². The van der Waals surface area contributed by atoms with E-state index in [-0.39, 0.29) is 18.4 Å². The van der Waals surface area contributed by atoms with Gasteiger partial charge in [0.25, 0.3) is 0 Å². The van der Waals surface area contributed by atoms with E-state index in [9.17, 15) is 10.1 Å². The zero-order valence-corrected chi connectivity index (χ0v) is 19.3. The molecule has 0 saturated carbocycles. The van der Waals surface area contributed by atoms with Gasteiger partial charge in [0.05, 0.1) is 34.8 Å². The normalized spacial score (nSPS) is 16.0. The number of anilines is 1. The second-order valence-electron chi connectivity index (χ2n) is 8.00. The Hall–Kier alpha value is -3.00. The second kappa shape index (κ2) is 9.65. The van der Waals surface area contributed by atoms with Crippen LogP contribution in [-0.2, 0) is 11.2 Å². The molecule has 4 rings (SSSR count). The van der Waals surface area contributed by atoms with Crippen molar-refractivity contribution in [1.82, 2.24) is 4.90 Å². The average molecular weight is 464 g/mol. The number of carbonyl (C=O) groups is 1. The smallest absolute Gasteiger partial charge is 0.227 e. The van der Waals surface area contributed by atoms with Gasteiger partial charge in [-0.1, -0.05) is 59.6 Å². The summed E-state index contributed by atoms with van der Waals surface area (Å²) >= 11 is 12.7. The molecule has 6 heteroatoms. The van der Waals surface area contributed by atoms with E-state index in [0.29, 0.717) is 35.2 Å². The summed E-state index contributed by atoms with van der Waals surface area (Å²) in [5.41, 5.74) is 4.43. The number of hydrogen-bond acceptors (Lipinski definition) is 3. The first-order valence-electron chi connectivity index (χ1n) is 10.5. The van der Waals surface area contributed by atoms with E-state index in [2.05, 4.69) is 17.0 Å². The van der Waals surface area contributed by atoms with Crippen molar-refractivity contribution in [3.05, 3.63) is 99.0 Å². The minimum absolute atomic E-state index is 0.0151. The fourth-order valence-electron chi connectivity index (χ4n) is 4.17. The zero-order chi connectivity index (χ0) is 22.7. The fraction of sp³-hybridized carbons (Fsp3) is 0.231. The van der Waals surface area contributed by atoms with Crippen molar-refractivity contribution in [3.63, 3.8) is 0 Å². The Labute approximate surface area is 198 Å². The number of aryl methyl sites for hydroxylation is 1. The number of halogens is 2. The van der Waals surface area contributed by atoms with Crippen molar-refractivity contribution in [2.45, 2.75) is 19.4 Å². The van der Waals surface area contributed by atoms with Gasteiger partial charge >= 0.3 is 0 Å². The molecule has 1 fully saturated rings. The van der Waals surface area contributed by atoms with Crippen molar-refractivity contribution in [3.8, 4) is 6.07 Å². The number of carbonyl (C=O) groups excluding carboxylic acids is 1. The van der Waals surface area contributed by atoms with Gasteiger partial charge < -0.3 is 9.80 Å². The van der Waals surface area contributed by atoms with Crippen LogP contribution < -0.4 is 4.90 Å². The molecule has 1 heterocycles. The highest BCUT2D eigenvalue weighted by Gasteiger charge is 2.32. The van der Waals surface area contributed by atoms with Gasteiger partial charge in [0.15, 0.2) is 0 Å². The monoisotopic (exact) mass is 463 g/mol. The van der Waals surface area contributed by atoms with Crippen LogP contribution in [0.2, 0.25) is 10.0 Å². The maximum atomic E-state index is 13.2. The van der Waals surface area contributed by atoms with Gasteiger partial charge in [-0.15, -0.1) is 0 Å². The first-order chi connectivity index (χ1) is 15.5. The molecule has 0 spiro atoms. The molecule has 0 radical (unpaired) electrons. The summed E-state index contributed by atoms with van der Waals surface area (Å²) in [4.78, 5) is 17.3. The third-order valence-electron chi connectivity index (χ3n) is 5.88. The second-order valence-corrected chi connectivity index (χ2v) is 8.84. The summed E-state index contributed by atoms with van der Waals surface area (Å²) < 4.78 is 0. The van der Waals surface area contributed by atoms with Gasteiger partial charge in [0, 0.05) is 24.7 Å². The van der Waals surface area contributed by atoms with Crippen molar-refractivity contribution >= 4 is 34.8 Å². The van der Waals surface area contributed by atoms with Gasteiger partial charge in [-0.25, -0.2) is 0 Å². The van der Waals surface area contributed by atoms with E-state index in [1.807, 2.05) is 66.4 Å².